The molecule has 1 unspecified atom stereocenters. The number of fused-ring (bicyclic) bond motifs is 1. The first kappa shape index (κ1) is 25.8. The Morgan fingerprint density at radius 2 is 1.95 bits per heavy atom. The highest BCUT2D eigenvalue weighted by Gasteiger charge is 2.23. The minimum absolute atomic E-state index is 0.0432. The van der Waals surface area contributed by atoms with Gasteiger partial charge in [-0.2, -0.15) is 5.10 Å². The minimum Gasteiger partial charge on any atom is -0.382 e. The van der Waals surface area contributed by atoms with Gasteiger partial charge >= 0.3 is 0 Å². The van der Waals surface area contributed by atoms with Crippen molar-refractivity contribution in [2.45, 2.75) is 13.0 Å². The molecule has 1 atom stereocenters. The summed E-state index contributed by atoms with van der Waals surface area (Å²) < 4.78 is 3.13. The van der Waals surface area contributed by atoms with Gasteiger partial charge in [-0.05, 0) is 31.2 Å². The van der Waals surface area contributed by atoms with E-state index in [0.717, 1.165) is 5.56 Å². The molecule has 4 aromatic rings. The van der Waals surface area contributed by atoms with E-state index in [2.05, 4.69) is 38.8 Å². The smallest absolute Gasteiger partial charge is 0.274 e. The Balaban J connectivity index is 1.88. The maximum atomic E-state index is 14.0. The van der Waals surface area contributed by atoms with Gasteiger partial charge in [-0.15, -0.1) is 0 Å². The SMILES string of the molecule is C=CN=C(C(=O)NC(C)c1nc2cccc(C#Cc3cnn(C)c3)c2c(=O)n1-c1ccccc1)C(N)=NC. The van der Waals surface area contributed by atoms with Crippen molar-refractivity contribution in [3.05, 3.63) is 101 Å². The number of hydrogen-bond donors (Lipinski definition) is 2. The van der Waals surface area contributed by atoms with Crippen LogP contribution >= 0.6 is 0 Å². The number of amides is 1. The van der Waals surface area contributed by atoms with Gasteiger partial charge in [0.25, 0.3) is 11.5 Å². The zero-order valence-corrected chi connectivity index (χ0v) is 21.2. The van der Waals surface area contributed by atoms with Crippen molar-refractivity contribution in [2.75, 3.05) is 7.05 Å². The predicted molar refractivity (Wildman–Crippen MR) is 148 cm³/mol. The van der Waals surface area contributed by atoms with E-state index in [-0.39, 0.29) is 17.1 Å². The van der Waals surface area contributed by atoms with Crippen LogP contribution in [-0.4, -0.2) is 43.8 Å². The van der Waals surface area contributed by atoms with E-state index in [1.54, 1.807) is 54.3 Å². The summed E-state index contributed by atoms with van der Waals surface area (Å²) in [7, 11) is 3.26. The van der Waals surface area contributed by atoms with Crippen LogP contribution in [0.2, 0.25) is 0 Å². The maximum absolute atomic E-state index is 14.0. The molecule has 10 heteroatoms. The molecule has 0 radical (unpaired) electrons. The molecule has 38 heavy (non-hydrogen) atoms. The number of carbonyl (C=O) groups excluding carboxylic acids is 1. The van der Waals surface area contributed by atoms with Crippen molar-refractivity contribution >= 4 is 28.4 Å². The molecule has 0 saturated carbocycles. The number of para-hydroxylation sites is 1. The van der Waals surface area contributed by atoms with Crippen LogP contribution in [0.3, 0.4) is 0 Å². The second kappa shape index (κ2) is 11.2. The number of aliphatic imine (C=N–C) groups is 2. The molecule has 0 aliphatic heterocycles. The molecule has 0 fully saturated rings. The Bertz CT molecular complexity index is 1700. The van der Waals surface area contributed by atoms with E-state index in [1.807, 2.05) is 25.2 Å². The molecule has 2 aromatic heterocycles. The van der Waals surface area contributed by atoms with Gasteiger partial charge in [-0.25, -0.2) is 9.98 Å². The molecule has 0 aliphatic rings. The standard InChI is InChI=1S/C28H26N8O2/c1-5-31-24(25(29)30-3)27(37)33-18(2)26-34-22-13-9-10-20(15-14-19-16-32-35(4)17-19)23(22)28(38)36(26)21-11-7-6-8-12-21/h5-13,16-18H,1H2,2-4H3,(H2,29,30)(H,33,37). The number of nitrogens with two attached hydrogens (primary N) is 1. The second-order valence-electron chi connectivity index (χ2n) is 8.26. The summed E-state index contributed by atoms with van der Waals surface area (Å²) in [6, 6.07) is 13.7. The highest BCUT2D eigenvalue weighted by molar-refractivity contribution is 6.66. The van der Waals surface area contributed by atoms with Gasteiger partial charge in [0.2, 0.25) is 0 Å². The van der Waals surface area contributed by atoms with Crippen LogP contribution in [0.5, 0.6) is 0 Å². The fourth-order valence-corrected chi connectivity index (χ4v) is 3.86. The summed E-state index contributed by atoms with van der Waals surface area (Å²) in [5.41, 5.74) is 7.74. The number of amidine groups is 1. The molecule has 2 heterocycles. The van der Waals surface area contributed by atoms with E-state index in [9.17, 15) is 9.59 Å². The number of benzene rings is 2. The second-order valence-corrected chi connectivity index (χ2v) is 8.26. The molecular formula is C28H26N8O2. The molecule has 0 bridgehead atoms. The van der Waals surface area contributed by atoms with Crippen LogP contribution in [0.25, 0.3) is 16.6 Å². The lowest BCUT2D eigenvalue weighted by molar-refractivity contribution is -0.115. The number of nitrogens with one attached hydrogen (secondary N) is 1. The average molecular weight is 507 g/mol. The molecule has 4 rings (SSSR count). The first-order valence-electron chi connectivity index (χ1n) is 11.7. The Morgan fingerprint density at radius 1 is 1.18 bits per heavy atom. The lowest BCUT2D eigenvalue weighted by atomic mass is 10.1. The molecule has 0 aliphatic carbocycles. The molecule has 10 nitrogen and oxygen atoms in total. The van der Waals surface area contributed by atoms with Gasteiger partial charge in [0.1, 0.15) is 11.7 Å². The molecular weight excluding hydrogens is 480 g/mol. The average Bonchev–Trinajstić information content (AvgIpc) is 3.35. The normalized spacial score (nSPS) is 12.5. The predicted octanol–water partition coefficient (Wildman–Crippen LogP) is 2.27. The van der Waals surface area contributed by atoms with Crippen LogP contribution in [0.4, 0.5) is 0 Å². The van der Waals surface area contributed by atoms with E-state index in [4.69, 9.17) is 10.7 Å². The summed E-state index contributed by atoms with van der Waals surface area (Å²) in [6.07, 6.45) is 4.65. The van der Waals surface area contributed by atoms with E-state index >= 15 is 0 Å². The highest BCUT2D eigenvalue weighted by atomic mass is 16.2. The highest BCUT2D eigenvalue weighted by Crippen LogP contribution is 2.20. The Labute approximate surface area is 219 Å². The summed E-state index contributed by atoms with van der Waals surface area (Å²) in [4.78, 5) is 39.6. The van der Waals surface area contributed by atoms with Crippen LogP contribution in [-0.2, 0) is 11.8 Å². The minimum atomic E-state index is -0.704. The monoisotopic (exact) mass is 506 g/mol. The molecule has 2 aromatic carbocycles. The summed E-state index contributed by atoms with van der Waals surface area (Å²) in [5, 5.41) is 7.32. The van der Waals surface area contributed by atoms with Crippen molar-refractivity contribution in [2.24, 2.45) is 22.8 Å². The Kier molecular flexibility index (Phi) is 7.58. The Hall–Kier alpha value is -5.30. The van der Waals surface area contributed by atoms with Crippen molar-refractivity contribution in [1.82, 2.24) is 24.6 Å². The number of nitrogens with zero attached hydrogens (tertiary/aromatic N) is 6. The summed E-state index contributed by atoms with van der Waals surface area (Å²) in [5.74, 6) is 5.84. The molecule has 190 valence electrons. The molecule has 0 spiro atoms. The third-order valence-electron chi connectivity index (χ3n) is 5.64. The van der Waals surface area contributed by atoms with Gasteiger partial charge in [0.05, 0.1) is 34.4 Å². The summed E-state index contributed by atoms with van der Waals surface area (Å²) in [6.45, 7) is 5.25. The third kappa shape index (κ3) is 5.27. The zero-order valence-electron chi connectivity index (χ0n) is 21.2. The maximum Gasteiger partial charge on any atom is 0.274 e. The third-order valence-corrected chi connectivity index (χ3v) is 5.64. The van der Waals surface area contributed by atoms with E-state index in [0.29, 0.717) is 28.0 Å². The first-order valence-corrected chi connectivity index (χ1v) is 11.7. The lowest BCUT2D eigenvalue weighted by Gasteiger charge is -2.20. The van der Waals surface area contributed by atoms with E-state index < -0.39 is 11.9 Å². The number of aromatic nitrogens is 4. The van der Waals surface area contributed by atoms with Gasteiger partial charge in [-0.1, -0.05) is 42.7 Å². The quantitative estimate of drug-likeness (QED) is 0.235. The van der Waals surface area contributed by atoms with Crippen LogP contribution in [0.1, 0.15) is 29.9 Å². The van der Waals surface area contributed by atoms with Gasteiger partial charge < -0.3 is 11.1 Å². The van der Waals surface area contributed by atoms with Crippen LogP contribution < -0.4 is 16.6 Å². The Morgan fingerprint density at radius 3 is 2.61 bits per heavy atom. The number of hydrogen-bond acceptors (Lipinski definition) is 6. The number of aryl methyl sites for hydroxylation is 1. The number of rotatable bonds is 6. The fraction of sp³-hybridized carbons (Fsp3) is 0.143. The molecule has 3 N–H and O–H groups in total. The van der Waals surface area contributed by atoms with Gasteiger partial charge in [0.15, 0.2) is 5.71 Å². The van der Waals surface area contributed by atoms with Crippen molar-refractivity contribution in [3.8, 4) is 17.5 Å². The van der Waals surface area contributed by atoms with E-state index in [1.165, 1.54) is 17.8 Å². The largest absolute Gasteiger partial charge is 0.382 e. The first-order chi connectivity index (χ1) is 18.3. The van der Waals surface area contributed by atoms with Gasteiger partial charge in [0, 0.05) is 32.1 Å². The molecule has 0 saturated heterocycles. The van der Waals surface area contributed by atoms with Crippen molar-refractivity contribution < 1.29 is 4.79 Å². The van der Waals surface area contributed by atoms with Gasteiger partial charge in [-0.3, -0.25) is 23.8 Å². The fourth-order valence-electron chi connectivity index (χ4n) is 3.86. The van der Waals surface area contributed by atoms with Crippen LogP contribution in [0, 0.1) is 11.8 Å². The topological polar surface area (TPSA) is 133 Å². The number of carbonyl (C=O) groups is 1. The van der Waals surface area contributed by atoms with Crippen molar-refractivity contribution in [3.63, 3.8) is 0 Å². The van der Waals surface area contributed by atoms with Crippen LogP contribution in [0.15, 0.2) is 88.5 Å². The zero-order chi connectivity index (χ0) is 27.2. The van der Waals surface area contributed by atoms with Crippen molar-refractivity contribution in [1.29, 1.82) is 0 Å². The lowest BCUT2D eigenvalue weighted by Crippen LogP contribution is -2.42. The summed E-state index contributed by atoms with van der Waals surface area (Å²) >= 11 is 0. The molecule has 1 amide bonds.